The molecule has 2 fully saturated rings. The fraction of sp³-hybridized carbons (Fsp3) is 0.346. The van der Waals surface area contributed by atoms with Crippen LogP contribution < -0.4 is 5.32 Å². The van der Waals surface area contributed by atoms with Gasteiger partial charge in [0.1, 0.15) is 0 Å². The number of nitrogens with one attached hydrogen (secondary N) is 1. The van der Waals surface area contributed by atoms with Gasteiger partial charge in [-0.05, 0) is 74.8 Å². The maximum absolute atomic E-state index is 11.9. The van der Waals surface area contributed by atoms with Crippen molar-refractivity contribution in [3.8, 4) is 5.69 Å². The van der Waals surface area contributed by atoms with E-state index in [0.29, 0.717) is 17.3 Å². The molecule has 0 radical (unpaired) electrons. The normalized spacial score (nSPS) is 20.9. The molecule has 0 spiro atoms. The minimum Gasteiger partial charge on any atom is -0.478 e. The molecule has 1 aliphatic carbocycles. The predicted molar refractivity (Wildman–Crippen MR) is 132 cm³/mol. The Bertz CT molecular complexity index is 1200. The number of aryl methyl sites for hydroxylation is 1. The van der Waals surface area contributed by atoms with Crippen LogP contribution in [0, 0.1) is 13.8 Å². The van der Waals surface area contributed by atoms with Crippen molar-refractivity contribution >= 4 is 23.3 Å². The number of carbonyl (C=O) groups is 1. The van der Waals surface area contributed by atoms with E-state index in [9.17, 15) is 9.90 Å². The van der Waals surface area contributed by atoms with Crippen molar-refractivity contribution in [2.75, 3.05) is 0 Å². The molecule has 1 aliphatic heterocycles. The summed E-state index contributed by atoms with van der Waals surface area (Å²) in [4.78, 5) is 19.0. The van der Waals surface area contributed by atoms with Gasteiger partial charge in [-0.1, -0.05) is 31.0 Å². The summed E-state index contributed by atoms with van der Waals surface area (Å²) in [5, 5.41) is 14.1. The van der Waals surface area contributed by atoms with Crippen LogP contribution in [0.4, 0.5) is 0 Å². The number of hydrogen-bond acceptors (Lipinski definition) is 3. The number of benzene rings is 1. The number of aromatic nitrogens is 2. The van der Waals surface area contributed by atoms with Crippen molar-refractivity contribution in [3.63, 3.8) is 0 Å². The monoisotopic (exact) mass is 460 g/mol. The molecule has 7 heteroatoms. The van der Waals surface area contributed by atoms with Gasteiger partial charge >= 0.3 is 5.97 Å². The third-order valence-electron chi connectivity index (χ3n) is 7.02. The molecule has 2 N–H and O–H groups in total. The van der Waals surface area contributed by atoms with Crippen LogP contribution in [0.15, 0.2) is 54.7 Å². The van der Waals surface area contributed by atoms with E-state index in [1.165, 1.54) is 12.8 Å². The highest BCUT2D eigenvalue weighted by Gasteiger charge is 2.44. The number of carboxylic acid groups (broad SMARTS) is 1. The van der Waals surface area contributed by atoms with Crippen LogP contribution >= 0.6 is 12.2 Å². The molecule has 3 heterocycles. The lowest BCUT2D eigenvalue weighted by atomic mass is 9.95. The van der Waals surface area contributed by atoms with E-state index in [4.69, 9.17) is 12.2 Å². The van der Waals surface area contributed by atoms with E-state index < -0.39 is 5.97 Å². The summed E-state index contributed by atoms with van der Waals surface area (Å²) in [5.41, 5.74) is 5.12. The molecular formula is C26H28N4O2S. The fourth-order valence-electron chi connectivity index (χ4n) is 5.58. The van der Waals surface area contributed by atoms with Gasteiger partial charge in [-0.25, -0.2) is 4.79 Å². The first-order valence-corrected chi connectivity index (χ1v) is 11.9. The number of pyridine rings is 1. The van der Waals surface area contributed by atoms with Crippen molar-refractivity contribution in [1.82, 2.24) is 19.8 Å². The van der Waals surface area contributed by atoms with Crippen LogP contribution in [0.2, 0.25) is 0 Å². The Balaban J connectivity index is 1.66. The quantitative estimate of drug-likeness (QED) is 0.516. The van der Waals surface area contributed by atoms with Gasteiger partial charge in [0.05, 0.1) is 29.0 Å². The molecule has 170 valence electrons. The highest BCUT2D eigenvalue weighted by Crippen LogP contribution is 2.44. The molecule has 0 amide bonds. The van der Waals surface area contributed by atoms with E-state index >= 15 is 0 Å². The number of nitrogens with zero attached hydrogens (tertiary/aromatic N) is 3. The van der Waals surface area contributed by atoms with Crippen LogP contribution in [0.1, 0.15) is 70.8 Å². The zero-order valence-electron chi connectivity index (χ0n) is 18.9. The lowest BCUT2D eigenvalue weighted by molar-refractivity contribution is 0.0697. The van der Waals surface area contributed by atoms with Gasteiger partial charge in [0.25, 0.3) is 0 Å². The zero-order valence-corrected chi connectivity index (χ0v) is 19.7. The van der Waals surface area contributed by atoms with Crippen LogP contribution in [0.25, 0.3) is 5.69 Å². The van der Waals surface area contributed by atoms with Crippen LogP contribution in [-0.4, -0.2) is 36.7 Å². The first kappa shape index (κ1) is 21.6. The number of rotatable bonds is 5. The number of carboxylic acids is 1. The van der Waals surface area contributed by atoms with Crippen LogP contribution in [-0.2, 0) is 0 Å². The molecule has 1 aromatic carbocycles. The summed E-state index contributed by atoms with van der Waals surface area (Å²) in [6, 6.07) is 15.7. The number of aromatic carboxylic acids is 1. The summed E-state index contributed by atoms with van der Waals surface area (Å²) in [6.45, 7) is 4.11. The second kappa shape index (κ2) is 8.63. The third-order valence-corrected chi connectivity index (χ3v) is 7.35. The highest BCUT2D eigenvalue weighted by atomic mass is 32.1. The predicted octanol–water partition coefficient (Wildman–Crippen LogP) is 5.10. The smallest absolute Gasteiger partial charge is 0.337 e. The van der Waals surface area contributed by atoms with E-state index in [1.54, 1.807) is 12.1 Å². The fourth-order valence-corrected chi connectivity index (χ4v) is 5.97. The summed E-state index contributed by atoms with van der Waals surface area (Å²) in [6.07, 6.45) is 6.52. The summed E-state index contributed by atoms with van der Waals surface area (Å²) < 4.78 is 2.06. The topological polar surface area (TPSA) is 70.4 Å². The van der Waals surface area contributed by atoms with E-state index in [-0.39, 0.29) is 12.1 Å². The van der Waals surface area contributed by atoms with E-state index in [1.807, 2.05) is 43.5 Å². The van der Waals surface area contributed by atoms with Gasteiger partial charge in [-0.15, -0.1) is 0 Å². The first-order valence-electron chi connectivity index (χ1n) is 11.5. The molecule has 3 aromatic rings. The van der Waals surface area contributed by atoms with Crippen molar-refractivity contribution in [3.05, 3.63) is 82.9 Å². The van der Waals surface area contributed by atoms with Crippen molar-refractivity contribution in [2.45, 2.75) is 57.7 Å². The minimum atomic E-state index is -0.928. The van der Waals surface area contributed by atoms with Crippen molar-refractivity contribution in [1.29, 1.82) is 0 Å². The maximum atomic E-state index is 11.9. The molecule has 2 aromatic heterocycles. The molecule has 0 unspecified atom stereocenters. The van der Waals surface area contributed by atoms with Gasteiger partial charge in [-0.2, -0.15) is 0 Å². The summed E-state index contributed by atoms with van der Waals surface area (Å²) >= 11 is 5.87. The van der Waals surface area contributed by atoms with Crippen molar-refractivity contribution in [2.24, 2.45) is 0 Å². The second-order valence-electron chi connectivity index (χ2n) is 8.96. The Morgan fingerprint density at radius 3 is 2.55 bits per heavy atom. The second-order valence-corrected chi connectivity index (χ2v) is 9.34. The van der Waals surface area contributed by atoms with Gasteiger partial charge in [0.2, 0.25) is 0 Å². The Morgan fingerprint density at radius 1 is 1.12 bits per heavy atom. The summed E-state index contributed by atoms with van der Waals surface area (Å²) in [7, 11) is 0. The Labute approximate surface area is 199 Å². The van der Waals surface area contributed by atoms with Gasteiger partial charge in [0, 0.05) is 23.6 Å². The third kappa shape index (κ3) is 3.70. The molecule has 2 atom stereocenters. The molecule has 33 heavy (non-hydrogen) atoms. The van der Waals surface area contributed by atoms with E-state index in [2.05, 4.69) is 32.8 Å². The van der Waals surface area contributed by atoms with Gasteiger partial charge in [-0.3, -0.25) is 4.98 Å². The lowest BCUT2D eigenvalue weighted by Crippen LogP contribution is -2.37. The van der Waals surface area contributed by atoms with Crippen LogP contribution in [0.5, 0.6) is 0 Å². The average Bonchev–Trinajstić information content (AvgIpc) is 3.52. The molecule has 1 saturated heterocycles. The highest BCUT2D eigenvalue weighted by molar-refractivity contribution is 7.80. The molecular weight excluding hydrogens is 432 g/mol. The molecule has 6 nitrogen and oxygen atoms in total. The largest absolute Gasteiger partial charge is 0.478 e. The number of para-hydroxylation sites is 1. The number of hydrogen-bond donors (Lipinski definition) is 2. The van der Waals surface area contributed by atoms with Gasteiger partial charge < -0.3 is 19.9 Å². The molecule has 0 bridgehead atoms. The van der Waals surface area contributed by atoms with Gasteiger partial charge in [0.15, 0.2) is 5.11 Å². The zero-order chi connectivity index (χ0) is 23.1. The SMILES string of the molecule is Cc1cc([C@H]2[C@@H](c3ccccn3)NC(=S)N2C2CCCC2)c(C)n1-c1ccccc1C(=O)O. The molecule has 2 aliphatic rings. The first-order chi connectivity index (χ1) is 16.0. The maximum Gasteiger partial charge on any atom is 0.337 e. The standard InChI is InChI=1S/C26H28N4O2S/c1-16-15-20(17(2)29(16)22-13-6-5-11-19(22)25(31)32)24-23(21-12-7-8-14-27-21)28-26(33)30(24)18-9-3-4-10-18/h5-8,11-15,18,23-24H,3-4,9-10H2,1-2H3,(H,28,33)(H,31,32)/t23-,24+/m1/s1. The number of thiocarbonyl (C=S) groups is 1. The average molecular weight is 461 g/mol. The minimum absolute atomic E-state index is 0.00700. The van der Waals surface area contributed by atoms with Crippen molar-refractivity contribution < 1.29 is 9.90 Å². The lowest BCUT2D eigenvalue weighted by Gasteiger charge is -2.33. The molecule has 1 saturated carbocycles. The Kier molecular flexibility index (Phi) is 5.66. The van der Waals surface area contributed by atoms with Crippen LogP contribution in [0.3, 0.4) is 0 Å². The Hall–Kier alpha value is -3.19. The summed E-state index contributed by atoms with van der Waals surface area (Å²) in [5.74, 6) is -0.928. The Morgan fingerprint density at radius 2 is 1.85 bits per heavy atom. The molecule has 5 rings (SSSR count). The van der Waals surface area contributed by atoms with E-state index in [0.717, 1.165) is 40.6 Å².